The molecule has 4 aromatic rings. The van der Waals surface area contributed by atoms with Crippen molar-refractivity contribution in [1.29, 1.82) is 0 Å². The number of halogens is 1. The van der Waals surface area contributed by atoms with Gasteiger partial charge in [0.05, 0.1) is 10.6 Å². The van der Waals surface area contributed by atoms with E-state index in [4.69, 9.17) is 0 Å². The molecule has 0 aliphatic heterocycles. The lowest BCUT2D eigenvalue weighted by Crippen LogP contribution is -2.53. The lowest BCUT2D eigenvalue weighted by molar-refractivity contribution is -0.140. The Kier molecular flexibility index (Phi) is 11.6. The minimum atomic E-state index is -4.15. The number of carbonyl (C=O) groups is 2. The Morgan fingerprint density at radius 2 is 1.44 bits per heavy atom. The predicted octanol–water partition coefficient (Wildman–Crippen LogP) is 6.67. The molecule has 9 heteroatoms. The molecule has 4 aromatic carbocycles. The first-order valence-electron chi connectivity index (χ1n) is 15.0. The smallest absolute Gasteiger partial charge is 0.264 e. The fourth-order valence-corrected chi connectivity index (χ4v) is 6.64. The maximum atomic E-state index is 14.5. The Morgan fingerprint density at radius 3 is 2.07 bits per heavy atom. The van der Waals surface area contributed by atoms with Gasteiger partial charge >= 0.3 is 0 Å². The molecule has 4 rings (SSSR count). The van der Waals surface area contributed by atoms with Crippen molar-refractivity contribution in [3.63, 3.8) is 0 Å². The van der Waals surface area contributed by atoms with E-state index in [-0.39, 0.29) is 29.7 Å². The van der Waals surface area contributed by atoms with E-state index in [1.54, 1.807) is 48.5 Å². The molecule has 236 valence electrons. The molecular weight excluding hydrogens is 650 g/mol. The normalized spacial score (nSPS) is 12.0. The van der Waals surface area contributed by atoms with Gasteiger partial charge in [-0.1, -0.05) is 108 Å². The van der Waals surface area contributed by atoms with Crippen LogP contribution in [-0.4, -0.2) is 44.3 Å². The summed E-state index contributed by atoms with van der Waals surface area (Å²) >= 11 is 3.42. The summed E-state index contributed by atoms with van der Waals surface area (Å²) in [5, 5.41) is 3.02. The standard InChI is InChI=1S/C36H40BrN3O4S/c1-26(2)23-38-36(42)34(22-29-10-6-5-7-11-29)39(24-30-12-8-9-28(4)21-30)35(41)25-40(32-17-15-31(37)16-18-32)45(43,44)33-19-13-27(3)14-20-33/h5-21,26,34H,22-25H2,1-4H3,(H,38,42). The summed E-state index contributed by atoms with van der Waals surface area (Å²) in [6, 6.07) is 29.8. The SMILES string of the molecule is Cc1ccc(S(=O)(=O)N(CC(=O)N(Cc2cccc(C)c2)C(Cc2ccccc2)C(=O)NCC(C)C)c2ccc(Br)cc2)cc1. The molecule has 0 bridgehead atoms. The highest BCUT2D eigenvalue weighted by molar-refractivity contribution is 9.10. The van der Waals surface area contributed by atoms with Crippen LogP contribution in [0.15, 0.2) is 112 Å². The summed E-state index contributed by atoms with van der Waals surface area (Å²) in [6.45, 7) is 7.95. The molecular formula is C36H40BrN3O4S. The van der Waals surface area contributed by atoms with Crippen molar-refractivity contribution in [3.05, 3.63) is 130 Å². The number of hydrogen-bond donors (Lipinski definition) is 1. The second kappa shape index (κ2) is 15.4. The Morgan fingerprint density at radius 1 is 0.800 bits per heavy atom. The molecule has 0 saturated carbocycles. The second-order valence-electron chi connectivity index (χ2n) is 11.7. The Balaban J connectivity index is 1.79. The van der Waals surface area contributed by atoms with Crippen LogP contribution in [0.5, 0.6) is 0 Å². The highest BCUT2D eigenvalue weighted by atomic mass is 79.9. The number of nitrogens with one attached hydrogen (secondary N) is 1. The van der Waals surface area contributed by atoms with Gasteiger partial charge in [0, 0.05) is 24.0 Å². The van der Waals surface area contributed by atoms with Crippen LogP contribution in [-0.2, 0) is 32.6 Å². The number of carbonyl (C=O) groups excluding carboxylic acids is 2. The summed E-state index contributed by atoms with van der Waals surface area (Å²) in [5.41, 5.74) is 4.00. The third-order valence-electron chi connectivity index (χ3n) is 7.39. The van der Waals surface area contributed by atoms with Gasteiger partial charge in [0.2, 0.25) is 11.8 Å². The summed E-state index contributed by atoms with van der Waals surface area (Å²) < 4.78 is 30.2. The van der Waals surface area contributed by atoms with E-state index >= 15 is 0 Å². The minimum Gasteiger partial charge on any atom is -0.354 e. The molecule has 0 radical (unpaired) electrons. The molecule has 0 fully saturated rings. The number of aryl methyl sites for hydroxylation is 2. The molecule has 1 unspecified atom stereocenters. The summed E-state index contributed by atoms with van der Waals surface area (Å²) in [6.07, 6.45) is 0.269. The van der Waals surface area contributed by atoms with Crippen LogP contribution < -0.4 is 9.62 Å². The van der Waals surface area contributed by atoms with Crippen molar-refractivity contribution in [2.75, 3.05) is 17.4 Å². The van der Waals surface area contributed by atoms with E-state index in [0.29, 0.717) is 12.2 Å². The predicted molar refractivity (Wildman–Crippen MR) is 183 cm³/mol. The second-order valence-corrected chi connectivity index (χ2v) is 14.4. The van der Waals surface area contributed by atoms with E-state index < -0.39 is 28.5 Å². The van der Waals surface area contributed by atoms with Gasteiger partial charge in [-0.3, -0.25) is 13.9 Å². The van der Waals surface area contributed by atoms with Crippen molar-refractivity contribution >= 4 is 43.5 Å². The monoisotopic (exact) mass is 689 g/mol. The van der Waals surface area contributed by atoms with Gasteiger partial charge in [0.25, 0.3) is 10.0 Å². The van der Waals surface area contributed by atoms with E-state index in [1.807, 2.05) is 82.3 Å². The molecule has 0 aliphatic rings. The van der Waals surface area contributed by atoms with Crippen LogP contribution in [0.3, 0.4) is 0 Å². The van der Waals surface area contributed by atoms with Crippen molar-refractivity contribution in [3.8, 4) is 0 Å². The zero-order chi connectivity index (χ0) is 32.6. The average Bonchev–Trinajstić information content (AvgIpc) is 3.01. The van der Waals surface area contributed by atoms with Gasteiger partial charge in [-0.2, -0.15) is 0 Å². The zero-order valence-electron chi connectivity index (χ0n) is 26.1. The molecule has 1 N–H and O–H groups in total. The fraction of sp³-hybridized carbons (Fsp3) is 0.278. The fourth-order valence-electron chi connectivity index (χ4n) is 4.96. The number of amides is 2. The molecule has 0 aliphatic carbocycles. The van der Waals surface area contributed by atoms with Crippen LogP contribution in [0.2, 0.25) is 0 Å². The maximum absolute atomic E-state index is 14.5. The number of sulfonamides is 1. The molecule has 0 spiro atoms. The quantitative estimate of drug-likeness (QED) is 0.170. The molecule has 0 saturated heterocycles. The largest absolute Gasteiger partial charge is 0.354 e. The highest BCUT2D eigenvalue weighted by Gasteiger charge is 2.34. The summed E-state index contributed by atoms with van der Waals surface area (Å²) in [5.74, 6) is -0.569. The van der Waals surface area contributed by atoms with Gasteiger partial charge < -0.3 is 10.2 Å². The molecule has 0 aromatic heterocycles. The van der Waals surface area contributed by atoms with Crippen molar-refractivity contribution in [1.82, 2.24) is 10.2 Å². The third kappa shape index (κ3) is 9.28. The maximum Gasteiger partial charge on any atom is 0.264 e. The van der Waals surface area contributed by atoms with E-state index in [0.717, 1.165) is 31.0 Å². The van der Waals surface area contributed by atoms with Crippen molar-refractivity contribution in [2.45, 2.75) is 51.6 Å². The number of anilines is 1. The zero-order valence-corrected chi connectivity index (χ0v) is 28.5. The Hall–Kier alpha value is -3.95. The number of hydrogen-bond acceptors (Lipinski definition) is 4. The Bertz CT molecular complexity index is 1690. The van der Waals surface area contributed by atoms with Gasteiger partial charge in [-0.25, -0.2) is 8.42 Å². The minimum absolute atomic E-state index is 0.0737. The molecule has 0 heterocycles. The lowest BCUT2D eigenvalue weighted by atomic mass is 10.0. The third-order valence-corrected chi connectivity index (χ3v) is 9.71. The first kappa shape index (κ1) is 33.9. The van der Waals surface area contributed by atoms with E-state index in [9.17, 15) is 18.0 Å². The summed E-state index contributed by atoms with van der Waals surface area (Å²) in [4.78, 5) is 30.0. The first-order chi connectivity index (χ1) is 21.4. The van der Waals surface area contributed by atoms with E-state index in [1.165, 1.54) is 4.90 Å². The van der Waals surface area contributed by atoms with Gasteiger partial charge in [-0.15, -0.1) is 0 Å². The average molecular weight is 691 g/mol. The van der Waals surface area contributed by atoms with Gasteiger partial charge in [-0.05, 0) is 67.3 Å². The number of nitrogens with zero attached hydrogens (tertiary/aromatic N) is 2. The van der Waals surface area contributed by atoms with Gasteiger partial charge in [0.1, 0.15) is 12.6 Å². The lowest BCUT2D eigenvalue weighted by Gasteiger charge is -2.34. The number of rotatable bonds is 13. The van der Waals surface area contributed by atoms with Crippen LogP contribution in [0, 0.1) is 19.8 Å². The molecule has 1 atom stereocenters. The highest BCUT2D eigenvalue weighted by Crippen LogP contribution is 2.27. The van der Waals surface area contributed by atoms with Gasteiger partial charge in [0.15, 0.2) is 0 Å². The van der Waals surface area contributed by atoms with Crippen LogP contribution in [0.4, 0.5) is 5.69 Å². The Labute approximate surface area is 275 Å². The summed E-state index contributed by atoms with van der Waals surface area (Å²) in [7, 11) is -4.15. The molecule has 2 amide bonds. The van der Waals surface area contributed by atoms with E-state index in [2.05, 4.69) is 21.2 Å². The molecule has 7 nitrogen and oxygen atoms in total. The first-order valence-corrected chi connectivity index (χ1v) is 17.2. The van der Waals surface area contributed by atoms with Crippen LogP contribution >= 0.6 is 15.9 Å². The van der Waals surface area contributed by atoms with Crippen LogP contribution in [0.1, 0.15) is 36.1 Å². The van der Waals surface area contributed by atoms with Crippen molar-refractivity contribution in [2.24, 2.45) is 5.92 Å². The molecule has 45 heavy (non-hydrogen) atoms. The topological polar surface area (TPSA) is 86.8 Å². The van der Waals surface area contributed by atoms with Crippen molar-refractivity contribution < 1.29 is 18.0 Å². The number of benzene rings is 4. The van der Waals surface area contributed by atoms with Crippen LogP contribution in [0.25, 0.3) is 0 Å².